The largest absolute Gasteiger partial charge is 0.496 e. The molecule has 0 saturated heterocycles. The summed E-state index contributed by atoms with van der Waals surface area (Å²) in [5.74, 6) is 1.21. The Morgan fingerprint density at radius 1 is 1.07 bits per heavy atom. The fourth-order valence-electron chi connectivity index (χ4n) is 3.40. The first kappa shape index (κ1) is 18.5. The maximum absolute atomic E-state index is 12.7. The monoisotopic (exact) mass is 391 g/mol. The number of nitrogens with zero attached hydrogens (tertiary/aromatic N) is 3. The zero-order chi connectivity index (χ0) is 19.3. The Morgan fingerprint density at radius 3 is 2.71 bits per heavy atom. The van der Waals surface area contributed by atoms with Crippen molar-refractivity contribution in [2.75, 3.05) is 24.3 Å². The average Bonchev–Trinajstić information content (AvgIpc) is 2.77. The van der Waals surface area contributed by atoms with Crippen molar-refractivity contribution in [3.05, 3.63) is 66.2 Å². The lowest BCUT2D eigenvalue weighted by molar-refractivity contribution is -0.116. The van der Waals surface area contributed by atoms with Gasteiger partial charge in [0.05, 0.1) is 18.6 Å². The predicted molar refractivity (Wildman–Crippen MR) is 112 cm³/mol. The molecule has 1 amide bonds. The van der Waals surface area contributed by atoms with Gasteiger partial charge in [0.2, 0.25) is 5.91 Å². The summed E-state index contributed by atoms with van der Waals surface area (Å²) < 4.78 is 5.38. The van der Waals surface area contributed by atoms with Crippen LogP contribution < -0.4 is 9.64 Å². The summed E-state index contributed by atoms with van der Waals surface area (Å²) >= 11 is 1.41. The van der Waals surface area contributed by atoms with Crippen molar-refractivity contribution in [3.8, 4) is 17.0 Å². The van der Waals surface area contributed by atoms with Gasteiger partial charge in [-0.25, -0.2) is 0 Å². The first-order chi connectivity index (χ1) is 13.8. The van der Waals surface area contributed by atoms with Crippen LogP contribution in [0.15, 0.2) is 65.7 Å². The maximum Gasteiger partial charge on any atom is 0.237 e. The molecule has 0 spiro atoms. The molecule has 0 atom stereocenters. The topological polar surface area (TPSA) is 55.3 Å². The molecule has 1 aliphatic heterocycles. The third-order valence-corrected chi connectivity index (χ3v) is 5.68. The number of aromatic nitrogens is 2. The minimum absolute atomic E-state index is 0.104. The molecule has 0 N–H and O–H groups in total. The van der Waals surface area contributed by atoms with Crippen LogP contribution in [-0.4, -0.2) is 35.5 Å². The molecule has 0 bridgehead atoms. The second-order valence-electron chi connectivity index (χ2n) is 6.52. The highest BCUT2D eigenvalue weighted by Crippen LogP contribution is 2.30. The van der Waals surface area contributed by atoms with E-state index in [0.29, 0.717) is 5.75 Å². The number of thioether (sulfide) groups is 1. The summed E-state index contributed by atoms with van der Waals surface area (Å²) in [4.78, 5) is 14.6. The van der Waals surface area contributed by atoms with Gasteiger partial charge in [0.1, 0.15) is 10.8 Å². The zero-order valence-corrected chi connectivity index (χ0v) is 16.5. The SMILES string of the molecule is COc1ccccc1-c1ccc(SCC(=O)N2CCCc3ccccc32)nn1. The molecular weight excluding hydrogens is 370 g/mol. The number of hydrogen-bond acceptors (Lipinski definition) is 5. The third kappa shape index (κ3) is 3.87. The lowest BCUT2D eigenvalue weighted by Gasteiger charge is -2.29. The fraction of sp³-hybridized carbons (Fsp3) is 0.227. The number of benzene rings is 2. The van der Waals surface area contributed by atoms with Crippen LogP contribution in [0.4, 0.5) is 5.69 Å². The summed E-state index contributed by atoms with van der Waals surface area (Å²) in [7, 11) is 1.64. The summed E-state index contributed by atoms with van der Waals surface area (Å²) in [5.41, 5.74) is 3.93. The molecule has 142 valence electrons. The van der Waals surface area contributed by atoms with Crippen LogP contribution in [0.2, 0.25) is 0 Å². The van der Waals surface area contributed by atoms with E-state index in [2.05, 4.69) is 16.3 Å². The van der Waals surface area contributed by atoms with Gasteiger partial charge < -0.3 is 9.64 Å². The molecule has 0 unspecified atom stereocenters. The molecule has 6 heteroatoms. The van der Waals surface area contributed by atoms with Gasteiger partial charge in [-0.2, -0.15) is 0 Å². The van der Waals surface area contributed by atoms with Crippen molar-refractivity contribution >= 4 is 23.4 Å². The van der Waals surface area contributed by atoms with E-state index in [-0.39, 0.29) is 5.91 Å². The molecule has 1 aliphatic rings. The van der Waals surface area contributed by atoms with Gasteiger partial charge in [0.25, 0.3) is 0 Å². The van der Waals surface area contributed by atoms with Crippen molar-refractivity contribution in [3.63, 3.8) is 0 Å². The number of hydrogen-bond donors (Lipinski definition) is 0. The van der Waals surface area contributed by atoms with E-state index in [9.17, 15) is 4.79 Å². The van der Waals surface area contributed by atoms with E-state index < -0.39 is 0 Å². The molecule has 0 saturated carbocycles. The minimum atomic E-state index is 0.104. The Morgan fingerprint density at radius 2 is 1.89 bits per heavy atom. The lowest BCUT2D eigenvalue weighted by Crippen LogP contribution is -2.36. The van der Waals surface area contributed by atoms with Crippen LogP contribution in [0.5, 0.6) is 5.75 Å². The Labute approximate surface area is 168 Å². The van der Waals surface area contributed by atoms with Gasteiger partial charge in [0, 0.05) is 17.8 Å². The summed E-state index contributed by atoms with van der Waals surface area (Å²) in [6.07, 6.45) is 2.03. The van der Waals surface area contributed by atoms with Gasteiger partial charge in [-0.1, -0.05) is 42.1 Å². The second kappa shape index (κ2) is 8.44. The van der Waals surface area contributed by atoms with Crippen molar-refractivity contribution in [1.29, 1.82) is 0 Å². The highest BCUT2D eigenvalue weighted by Gasteiger charge is 2.22. The highest BCUT2D eigenvalue weighted by atomic mass is 32.2. The Kier molecular flexibility index (Phi) is 5.58. The number of para-hydroxylation sites is 2. The van der Waals surface area contributed by atoms with Gasteiger partial charge in [-0.15, -0.1) is 10.2 Å². The zero-order valence-electron chi connectivity index (χ0n) is 15.7. The molecule has 2 aromatic carbocycles. The van der Waals surface area contributed by atoms with Crippen LogP contribution >= 0.6 is 11.8 Å². The van der Waals surface area contributed by atoms with E-state index in [4.69, 9.17) is 4.74 Å². The van der Waals surface area contributed by atoms with E-state index in [1.54, 1.807) is 7.11 Å². The van der Waals surface area contributed by atoms with Crippen molar-refractivity contribution < 1.29 is 9.53 Å². The highest BCUT2D eigenvalue weighted by molar-refractivity contribution is 7.99. The molecule has 4 rings (SSSR count). The molecule has 28 heavy (non-hydrogen) atoms. The Balaban J connectivity index is 1.43. The van der Waals surface area contributed by atoms with Crippen molar-refractivity contribution in [2.24, 2.45) is 0 Å². The van der Waals surface area contributed by atoms with Crippen LogP contribution in [0.1, 0.15) is 12.0 Å². The maximum atomic E-state index is 12.7. The van der Waals surface area contributed by atoms with E-state index in [0.717, 1.165) is 47.1 Å². The van der Waals surface area contributed by atoms with E-state index in [1.165, 1.54) is 17.3 Å². The first-order valence-electron chi connectivity index (χ1n) is 9.24. The Hall–Kier alpha value is -2.86. The number of amides is 1. The van der Waals surface area contributed by atoms with E-state index in [1.807, 2.05) is 59.5 Å². The molecule has 2 heterocycles. The summed E-state index contributed by atoms with van der Waals surface area (Å²) in [6, 6.07) is 19.7. The number of carbonyl (C=O) groups is 1. The number of anilines is 1. The number of ether oxygens (including phenoxy) is 1. The second-order valence-corrected chi connectivity index (χ2v) is 7.52. The number of carbonyl (C=O) groups excluding carboxylic acids is 1. The number of methoxy groups -OCH3 is 1. The van der Waals surface area contributed by atoms with E-state index >= 15 is 0 Å². The van der Waals surface area contributed by atoms with Crippen LogP contribution in [0.25, 0.3) is 11.3 Å². The fourth-order valence-corrected chi connectivity index (χ4v) is 4.09. The minimum Gasteiger partial charge on any atom is -0.496 e. The first-order valence-corrected chi connectivity index (χ1v) is 10.2. The van der Waals surface area contributed by atoms with Crippen molar-refractivity contribution in [1.82, 2.24) is 10.2 Å². The lowest BCUT2D eigenvalue weighted by atomic mass is 10.0. The molecule has 5 nitrogen and oxygen atoms in total. The van der Waals surface area contributed by atoms with Crippen LogP contribution in [0, 0.1) is 0 Å². The van der Waals surface area contributed by atoms with Crippen molar-refractivity contribution in [2.45, 2.75) is 17.9 Å². The molecule has 0 aliphatic carbocycles. The summed E-state index contributed by atoms with van der Waals surface area (Å²) in [6.45, 7) is 0.773. The molecule has 0 radical (unpaired) electrons. The van der Waals surface area contributed by atoms with Gasteiger partial charge in [0.15, 0.2) is 0 Å². The van der Waals surface area contributed by atoms with Crippen LogP contribution in [-0.2, 0) is 11.2 Å². The smallest absolute Gasteiger partial charge is 0.237 e. The quantitative estimate of drug-likeness (QED) is 0.610. The normalized spacial score (nSPS) is 13.1. The number of fused-ring (bicyclic) bond motifs is 1. The van der Waals surface area contributed by atoms with Gasteiger partial charge >= 0.3 is 0 Å². The Bertz CT molecular complexity index is 976. The molecule has 3 aromatic rings. The van der Waals surface area contributed by atoms with Crippen LogP contribution in [0.3, 0.4) is 0 Å². The van der Waals surface area contributed by atoms with Gasteiger partial charge in [-0.3, -0.25) is 4.79 Å². The standard InChI is InChI=1S/C22H21N3O2S/c1-27-20-11-5-3-9-17(20)18-12-13-21(24-23-18)28-15-22(26)25-14-6-8-16-7-2-4-10-19(16)25/h2-5,7,9-13H,6,8,14-15H2,1H3. The number of aryl methyl sites for hydroxylation is 1. The number of rotatable bonds is 5. The molecule has 1 aromatic heterocycles. The predicted octanol–water partition coefficient (Wildman–Crippen LogP) is 4.22. The van der Waals surface area contributed by atoms with Gasteiger partial charge in [-0.05, 0) is 48.7 Å². The molecule has 0 fully saturated rings. The summed E-state index contributed by atoms with van der Waals surface area (Å²) in [5, 5.41) is 9.32. The average molecular weight is 391 g/mol. The molecular formula is C22H21N3O2S. The third-order valence-electron chi connectivity index (χ3n) is 4.78.